The van der Waals surface area contributed by atoms with E-state index in [4.69, 9.17) is 9.47 Å². The molecule has 1 aliphatic rings. The Kier molecular flexibility index (Phi) is 3.61. The van der Waals surface area contributed by atoms with Crippen LogP contribution in [0.25, 0.3) is 0 Å². The first-order chi connectivity index (χ1) is 8.66. The topological polar surface area (TPSA) is 81.9 Å². The van der Waals surface area contributed by atoms with Gasteiger partial charge in [-0.25, -0.2) is 4.79 Å². The lowest BCUT2D eigenvalue weighted by Crippen LogP contribution is -2.29. The van der Waals surface area contributed by atoms with Crippen molar-refractivity contribution in [1.82, 2.24) is 4.90 Å². The molecule has 96 valence electrons. The summed E-state index contributed by atoms with van der Waals surface area (Å²) >= 11 is 0. The van der Waals surface area contributed by atoms with Crippen LogP contribution in [0.4, 0.5) is 10.5 Å². The lowest BCUT2D eigenvalue weighted by Gasteiger charge is -2.12. The van der Waals surface area contributed by atoms with Crippen molar-refractivity contribution in [2.45, 2.75) is 0 Å². The van der Waals surface area contributed by atoms with Crippen molar-refractivity contribution < 1.29 is 19.2 Å². The van der Waals surface area contributed by atoms with E-state index >= 15 is 0 Å². The highest BCUT2D eigenvalue weighted by Crippen LogP contribution is 2.17. The Bertz CT molecular complexity index is 445. The second-order valence-electron chi connectivity index (χ2n) is 3.70. The monoisotopic (exact) mass is 252 g/mol. The number of nitro benzene ring substituents is 1. The number of ether oxygens (including phenoxy) is 2. The summed E-state index contributed by atoms with van der Waals surface area (Å²) < 4.78 is 10.1. The predicted molar refractivity (Wildman–Crippen MR) is 61.5 cm³/mol. The zero-order valence-electron chi connectivity index (χ0n) is 9.57. The van der Waals surface area contributed by atoms with E-state index in [0.717, 1.165) is 0 Å². The van der Waals surface area contributed by atoms with E-state index in [9.17, 15) is 14.9 Å². The maximum atomic E-state index is 11.1. The van der Waals surface area contributed by atoms with Gasteiger partial charge in [0, 0.05) is 12.1 Å². The van der Waals surface area contributed by atoms with Gasteiger partial charge >= 0.3 is 6.09 Å². The maximum absolute atomic E-state index is 11.1. The van der Waals surface area contributed by atoms with Crippen molar-refractivity contribution in [3.05, 3.63) is 34.4 Å². The minimum Gasteiger partial charge on any atom is -0.492 e. The second kappa shape index (κ2) is 5.35. The first-order valence-corrected chi connectivity index (χ1v) is 5.46. The zero-order valence-corrected chi connectivity index (χ0v) is 9.57. The van der Waals surface area contributed by atoms with Gasteiger partial charge in [0.15, 0.2) is 0 Å². The number of hydrogen-bond donors (Lipinski definition) is 0. The Morgan fingerprint density at radius 1 is 1.39 bits per heavy atom. The van der Waals surface area contributed by atoms with Crippen molar-refractivity contribution in [3.8, 4) is 5.75 Å². The van der Waals surface area contributed by atoms with E-state index in [-0.39, 0.29) is 11.8 Å². The molecule has 0 aromatic heterocycles. The van der Waals surface area contributed by atoms with Crippen molar-refractivity contribution in [2.75, 3.05) is 26.3 Å². The van der Waals surface area contributed by atoms with Gasteiger partial charge < -0.3 is 14.4 Å². The third-order valence-electron chi connectivity index (χ3n) is 2.52. The molecule has 1 heterocycles. The molecule has 0 unspecified atom stereocenters. The number of benzene rings is 1. The van der Waals surface area contributed by atoms with Crippen LogP contribution in [0.5, 0.6) is 5.75 Å². The molecule has 1 fully saturated rings. The third kappa shape index (κ3) is 2.88. The minimum absolute atomic E-state index is 0.0190. The molecule has 0 N–H and O–H groups in total. The van der Waals surface area contributed by atoms with Gasteiger partial charge in [-0.15, -0.1) is 0 Å². The first kappa shape index (κ1) is 12.2. The molecule has 18 heavy (non-hydrogen) atoms. The fraction of sp³-hybridized carbons (Fsp3) is 0.364. The molecular weight excluding hydrogens is 240 g/mol. The summed E-state index contributed by atoms with van der Waals surface area (Å²) in [5.41, 5.74) is 0.0190. The van der Waals surface area contributed by atoms with E-state index in [1.807, 2.05) is 0 Å². The van der Waals surface area contributed by atoms with Gasteiger partial charge in [-0.2, -0.15) is 0 Å². The summed E-state index contributed by atoms with van der Waals surface area (Å²) in [6.07, 6.45) is -0.331. The summed E-state index contributed by atoms with van der Waals surface area (Å²) in [5.74, 6) is 0.535. The molecule has 0 atom stereocenters. The molecule has 1 saturated heterocycles. The number of nitrogens with zero attached hydrogens (tertiary/aromatic N) is 2. The third-order valence-corrected chi connectivity index (χ3v) is 2.52. The van der Waals surface area contributed by atoms with Gasteiger partial charge in [0.25, 0.3) is 5.69 Å². The van der Waals surface area contributed by atoms with Crippen molar-refractivity contribution >= 4 is 11.8 Å². The number of rotatable bonds is 5. The molecule has 1 aromatic carbocycles. The number of cyclic esters (lactones) is 1. The summed E-state index contributed by atoms with van der Waals surface area (Å²) in [5, 5.41) is 10.4. The molecular formula is C11H12N2O5. The zero-order chi connectivity index (χ0) is 13.0. The molecule has 2 rings (SSSR count). The average molecular weight is 252 g/mol. The molecule has 0 aliphatic carbocycles. The molecule has 0 saturated carbocycles. The van der Waals surface area contributed by atoms with Crippen LogP contribution in [-0.4, -0.2) is 42.2 Å². The van der Waals surface area contributed by atoms with Gasteiger partial charge in [-0.05, 0) is 12.1 Å². The fourth-order valence-corrected chi connectivity index (χ4v) is 1.57. The van der Waals surface area contributed by atoms with Gasteiger partial charge in [0.2, 0.25) is 0 Å². The van der Waals surface area contributed by atoms with Crippen LogP contribution >= 0.6 is 0 Å². The van der Waals surface area contributed by atoms with E-state index in [0.29, 0.717) is 32.1 Å². The van der Waals surface area contributed by atoms with Crippen LogP contribution < -0.4 is 4.74 Å². The largest absolute Gasteiger partial charge is 0.492 e. The lowest BCUT2D eigenvalue weighted by atomic mass is 10.3. The van der Waals surface area contributed by atoms with Gasteiger partial charge in [-0.3, -0.25) is 10.1 Å². The first-order valence-electron chi connectivity index (χ1n) is 5.46. The predicted octanol–water partition coefficient (Wildman–Crippen LogP) is 1.43. The number of carbonyl (C=O) groups is 1. The fourth-order valence-electron chi connectivity index (χ4n) is 1.57. The summed E-state index contributed by atoms with van der Waals surface area (Å²) in [4.78, 5) is 22.6. The minimum atomic E-state index is -0.468. The van der Waals surface area contributed by atoms with Crippen LogP contribution in [0, 0.1) is 10.1 Å². The highest BCUT2D eigenvalue weighted by atomic mass is 16.6. The SMILES string of the molecule is O=C1OCCN1CCOc1ccc([N+](=O)[O-])cc1. The van der Waals surface area contributed by atoms with Gasteiger partial charge in [0.1, 0.15) is 19.0 Å². The molecule has 7 heteroatoms. The normalized spacial score (nSPS) is 14.4. The van der Waals surface area contributed by atoms with Crippen LogP contribution in [0.15, 0.2) is 24.3 Å². The number of carbonyl (C=O) groups excluding carboxylic acids is 1. The molecule has 7 nitrogen and oxygen atoms in total. The molecule has 1 amide bonds. The standard InChI is InChI=1S/C11H12N2O5/c14-11-12(6-8-18-11)5-7-17-10-3-1-9(2-4-10)13(15)16/h1-4H,5-8H2. The van der Waals surface area contributed by atoms with E-state index in [2.05, 4.69) is 0 Å². The molecule has 0 radical (unpaired) electrons. The Balaban J connectivity index is 1.79. The van der Waals surface area contributed by atoms with Crippen molar-refractivity contribution in [2.24, 2.45) is 0 Å². The number of hydrogen-bond acceptors (Lipinski definition) is 5. The highest BCUT2D eigenvalue weighted by Gasteiger charge is 2.21. The Morgan fingerprint density at radius 3 is 2.67 bits per heavy atom. The van der Waals surface area contributed by atoms with Crippen LogP contribution in [-0.2, 0) is 4.74 Å². The van der Waals surface area contributed by atoms with E-state index < -0.39 is 4.92 Å². The lowest BCUT2D eigenvalue weighted by molar-refractivity contribution is -0.384. The second-order valence-corrected chi connectivity index (χ2v) is 3.70. The van der Waals surface area contributed by atoms with Crippen molar-refractivity contribution in [1.29, 1.82) is 0 Å². The van der Waals surface area contributed by atoms with Crippen LogP contribution in [0.3, 0.4) is 0 Å². The average Bonchev–Trinajstić information content (AvgIpc) is 2.76. The Labute approximate surface area is 103 Å². The molecule has 0 spiro atoms. The number of nitro groups is 1. The Hall–Kier alpha value is -2.31. The maximum Gasteiger partial charge on any atom is 0.410 e. The molecule has 0 bridgehead atoms. The quantitative estimate of drug-likeness (QED) is 0.584. The van der Waals surface area contributed by atoms with Crippen LogP contribution in [0.1, 0.15) is 0 Å². The smallest absolute Gasteiger partial charge is 0.410 e. The van der Waals surface area contributed by atoms with E-state index in [1.54, 1.807) is 4.90 Å². The summed E-state index contributed by atoms with van der Waals surface area (Å²) in [7, 11) is 0. The molecule has 1 aliphatic heterocycles. The number of amides is 1. The summed E-state index contributed by atoms with van der Waals surface area (Å²) in [6.45, 7) is 1.75. The highest BCUT2D eigenvalue weighted by molar-refractivity contribution is 5.69. The Morgan fingerprint density at radius 2 is 2.11 bits per heavy atom. The van der Waals surface area contributed by atoms with Crippen LogP contribution in [0.2, 0.25) is 0 Å². The number of non-ortho nitro benzene ring substituents is 1. The van der Waals surface area contributed by atoms with Gasteiger partial charge in [0.05, 0.1) is 18.0 Å². The van der Waals surface area contributed by atoms with E-state index in [1.165, 1.54) is 24.3 Å². The van der Waals surface area contributed by atoms with Gasteiger partial charge in [-0.1, -0.05) is 0 Å². The van der Waals surface area contributed by atoms with Crippen molar-refractivity contribution in [3.63, 3.8) is 0 Å². The summed E-state index contributed by atoms with van der Waals surface area (Å²) in [6, 6.07) is 5.81. The molecule has 1 aromatic rings.